The van der Waals surface area contributed by atoms with Gasteiger partial charge in [0.2, 0.25) is 0 Å². The molecule has 4 aromatic rings. The van der Waals surface area contributed by atoms with Gasteiger partial charge in [-0.1, -0.05) is 32.9 Å². The van der Waals surface area contributed by atoms with E-state index in [1.54, 1.807) is 57.7 Å². The van der Waals surface area contributed by atoms with Crippen molar-refractivity contribution in [2.75, 3.05) is 45.1 Å². The van der Waals surface area contributed by atoms with Crippen LogP contribution in [0.15, 0.2) is 79.1 Å². The molecule has 10 nitrogen and oxygen atoms in total. The predicted molar refractivity (Wildman–Crippen MR) is 186 cm³/mol. The zero-order valence-corrected chi connectivity index (χ0v) is 28.5. The number of nitrogens with zero attached hydrogens (tertiary/aromatic N) is 3. The minimum absolute atomic E-state index is 0.142. The standard InChI is InChI=1S/C38H44N4O6/c1-38(2,3)26-12-15-29(37(44)42(32-23-40-19-16-31(32)39)36(43)25-10-13-27(45-4)14-11-25)35(22-26)48-28-17-20-41(21-18-28)24-30-33(46-5)8-7-9-34(30)47-6/h7-16,19,22-23,28H,17-18,20-21,24H2,1-6H3,(H2,39,40). The van der Waals surface area contributed by atoms with Gasteiger partial charge in [-0.05, 0) is 78.4 Å². The second-order valence-corrected chi connectivity index (χ2v) is 12.8. The molecule has 5 rings (SSSR count). The summed E-state index contributed by atoms with van der Waals surface area (Å²) in [5.41, 5.74) is 9.10. The SMILES string of the molecule is COc1ccc(C(=O)N(C(=O)c2ccc(C(C)(C)C)cc2OC2CCN(Cc3c(OC)cccc3OC)CC2)c2cnccc2N)cc1. The third-order valence-electron chi connectivity index (χ3n) is 8.63. The molecule has 1 aliphatic heterocycles. The molecule has 1 aliphatic rings. The third kappa shape index (κ3) is 7.55. The van der Waals surface area contributed by atoms with E-state index in [1.165, 1.54) is 12.4 Å². The fourth-order valence-electron chi connectivity index (χ4n) is 5.81. The molecule has 252 valence electrons. The predicted octanol–water partition coefficient (Wildman–Crippen LogP) is 6.52. The van der Waals surface area contributed by atoms with Crippen LogP contribution in [0.4, 0.5) is 11.4 Å². The number of carbonyl (C=O) groups excluding carboxylic acids is 2. The Hall–Kier alpha value is -5.09. The average Bonchev–Trinajstić information content (AvgIpc) is 3.09. The zero-order chi connectivity index (χ0) is 34.4. The molecule has 0 aliphatic carbocycles. The second-order valence-electron chi connectivity index (χ2n) is 12.8. The van der Waals surface area contributed by atoms with Crippen LogP contribution in [0, 0.1) is 0 Å². The monoisotopic (exact) mass is 652 g/mol. The van der Waals surface area contributed by atoms with Gasteiger partial charge in [-0.15, -0.1) is 0 Å². The number of likely N-dealkylation sites (tertiary alicyclic amines) is 1. The van der Waals surface area contributed by atoms with Crippen LogP contribution in [0.25, 0.3) is 0 Å². The largest absolute Gasteiger partial charge is 0.497 e. The highest BCUT2D eigenvalue weighted by Crippen LogP contribution is 2.35. The molecule has 2 amide bonds. The molecule has 2 heterocycles. The quantitative estimate of drug-likeness (QED) is 0.191. The Bertz CT molecular complexity index is 1720. The summed E-state index contributed by atoms with van der Waals surface area (Å²) in [4.78, 5) is 36.1. The molecule has 0 saturated carbocycles. The first-order chi connectivity index (χ1) is 23.0. The van der Waals surface area contributed by atoms with Crippen LogP contribution in [0.3, 0.4) is 0 Å². The molecule has 0 atom stereocenters. The van der Waals surface area contributed by atoms with Crippen molar-refractivity contribution in [2.45, 2.75) is 51.7 Å². The Labute approximate surface area is 282 Å². The summed E-state index contributed by atoms with van der Waals surface area (Å²) in [6, 6.07) is 19.5. The van der Waals surface area contributed by atoms with Crippen molar-refractivity contribution in [3.63, 3.8) is 0 Å². The highest BCUT2D eigenvalue weighted by Gasteiger charge is 2.32. The first-order valence-corrected chi connectivity index (χ1v) is 16.0. The summed E-state index contributed by atoms with van der Waals surface area (Å²) in [6.07, 6.45) is 4.29. The number of anilines is 2. The minimum Gasteiger partial charge on any atom is -0.497 e. The Kier molecular flexibility index (Phi) is 10.5. The average molecular weight is 653 g/mol. The van der Waals surface area contributed by atoms with E-state index < -0.39 is 11.8 Å². The molecular weight excluding hydrogens is 608 g/mol. The van der Waals surface area contributed by atoms with Gasteiger partial charge in [0.25, 0.3) is 11.8 Å². The van der Waals surface area contributed by atoms with Crippen LogP contribution in [-0.2, 0) is 12.0 Å². The topological polar surface area (TPSA) is 116 Å². The molecule has 2 N–H and O–H groups in total. The van der Waals surface area contributed by atoms with Crippen molar-refractivity contribution in [3.05, 3.63) is 101 Å². The molecule has 0 radical (unpaired) electrons. The van der Waals surface area contributed by atoms with Crippen LogP contribution < -0.4 is 29.6 Å². The first-order valence-electron chi connectivity index (χ1n) is 16.0. The van der Waals surface area contributed by atoms with Gasteiger partial charge in [-0.3, -0.25) is 19.5 Å². The molecule has 0 unspecified atom stereocenters. The number of piperidine rings is 1. The molecule has 0 bridgehead atoms. The number of aromatic nitrogens is 1. The van der Waals surface area contributed by atoms with Crippen molar-refractivity contribution < 1.29 is 28.5 Å². The molecule has 0 spiro atoms. The Morgan fingerprint density at radius 3 is 2.12 bits per heavy atom. The van der Waals surface area contributed by atoms with Crippen LogP contribution >= 0.6 is 0 Å². The Morgan fingerprint density at radius 2 is 1.54 bits per heavy atom. The molecule has 3 aromatic carbocycles. The van der Waals surface area contributed by atoms with Gasteiger partial charge in [0.15, 0.2) is 0 Å². The van der Waals surface area contributed by atoms with Crippen molar-refractivity contribution in [2.24, 2.45) is 0 Å². The van der Waals surface area contributed by atoms with Gasteiger partial charge in [0, 0.05) is 31.4 Å². The fourth-order valence-corrected chi connectivity index (χ4v) is 5.81. The van der Waals surface area contributed by atoms with Crippen LogP contribution in [0.2, 0.25) is 0 Å². The van der Waals surface area contributed by atoms with Gasteiger partial charge in [-0.25, -0.2) is 4.90 Å². The summed E-state index contributed by atoms with van der Waals surface area (Å²) >= 11 is 0. The summed E-state index contributed by atoms with van der Waals surface area (Å²) < 4.78 is 23.1. The number of nitrogen functional groups attached to an aromatic ring is 1. The summed E-state index contributed by atoms with van der Waals surface area (Å²) in [5.74, 6) is 1.48. The van der Waals surface area contributed by atoms with Crippen molar-refractivity contribution in [1.29, 1.82) is 0 Å². The van der Waals surface area contributed by atoms with Crippen molar-refractivity contribution >= 4 is 23.2 Å². The summed E-state index contributed by atoms with van der Waals surface area (Å²) in [7, 11) is 4.88. The van der Waals surface area contributed by atoms with E-state index in [0.29, 0.717) is 23.6 Å². The number of pyridine rings is 1. The van der Waals surface area contributed by atoms with Crippen LogP contribution in [0.5, 0.6) is 23.0 Å². The summed E-state index contributed by atoms with van der Waals surface area (Å²) in [6.45, 7) is 8.55. The molecule has 1 saturated heterocycles. The zero-order valence-electron chi connectivity index (χ0n) is 28.5. The Morgan fingerprint density at radius 1 is 0.875 bits per heavy atom. The lowest BCUT2D eigenvalue weighted by atomic mass is 9.86. The molecule has 10 heteroatoms. The number of ether oxygens (including phenoxy) is 4. The van der Waals surface area contributed by atoms with Crippen molar-refractivity contribution in [3.8, 4) is 23.0 Å². The smallest absolute Gasteiger partial charge is 0.269 e. The van der Waals surface area contributed by atoms with E-state index in [1.807, 2.05) is 30.3 Å². The van der Waals surface area contributed by atoms with Gasteiger partial charge in [-0.2, -0.15) is 0 Å². The second kappa shape index (κ2) is 14.8. The highest BCUT2D eigenvalue weighted by molar-refractivity contribution is 6.27. The van der Waals surface area contributed by atoms with E-state index in [4.69, 9.17) is 24.7 Å². The number of methoxy groups -OCH3 is 3. The lowest BCUT2D eigenvalue weighted by Crippen LogP contribution is -2.39. The lowest BCUT2D eigenvalue weighted by Gasteiger charge is -2.33. The number of hydrogen-bond acceptors (Lipinski definition) is 9. The molecule has 48 heavy (non-hydrogen) atoms. The molecule has 1 fully saturated rings. The van der Waals surface area contributed by atoms with Crippen LogP contribution in [0.1, 0.15) is 65.5 Å². The number of rotatable bonds is 10. The van der Waals surface area contributed by atoms with E-state index in [-0.39, 0.29) is 28.5 Å². The lowest BCUT2D eigenvalue weighted by molar-refractivity contribution is 0.0868. The normalized spacial score (nSPS) is 13.9. The number of amides is 2. The minimum atomic E-state index is -0.563. The van der Waals surface area contributed by atoms with Gasteiger partial charge in [0.1, 0.15) is 29.1 Å². The Balaban J connectivity index is 1.44. The highest BCUT2D eigenvalue weighted by atomic mass is 16.5. The van der Waals surface area contributed by atoms with Crippen molar-refractivity contribution in [1.82, 2.24) is 9.88 Å². The molecule has 1 aromatic heterocycles. The van der Waals surface area contributed by atoms with Gasteiger partial charge < -0.3 is 24.7 Å². The summed E-state index contributed by atoms with van der Waals surface area (Å²) in [5, 5.41) is 0. The number of carbonyl (C=O) groups is 2. The number of benzene rings is 3. The fraction of sp³-hybridized carbons (Fsp3) is 0.342. The van der Waals surface area contributed by atoms with E-state index >= 15 is 0 Å². The van der Waals surface area contributed by atoms with E-state index in [9.17, 15) is 9.59 Å². The van der Waals surface area contributed by atoms with Gasteiger partial charge in [0.05, 0.1) is 50.0 Å². The first kappa shape index (κ1) is 34.3. The maximum Gasteiger partial charge on any atom is 0.269 e. The van der Waals surface area contributed by atoms with E-state index in [0.717, 1.165) is 53.5 Å². The van der Waals surface area contributed by atoms with E-state index in [2.05, 4.69) is 30.7 Å². The maximum atomic E-state index is 14.5. The number of nitrogens with two attached hydrogens (primary N) is 1. The molecular formula is C38H44N4O6. The maximum absolute atomic E-state index is 14.5. The van der Waals surface area contributed by atoms with Crippen LogP contribution in [-0.4, -0.2) is 62.2 Å². The van der Waals surface area contributed by atoms with Gasteiger partial charge >= 0.3 is 0 Å². The third-order valence-corrected chi connectivity index (χ3v) is 8.63. The number of hydrogen-bond donors (Lipinski definition) is 1. The number of imide groups is 1.